The van der Waals surface area contributed by atoms with E-state index in [-0.39, 0.29) is 41.8 Å². The molecule has 0 spiro atoms. The van der Waals surface area contributed by atoms with Crippen molar-refractivity contribution in [2.75, 3.05) is 19.4 Å². The summed E-state index contributed by atoms with van der Waals surface area (Å²) in [5.41, 5.74) is 0.705. The number of carbonyl (C=O) groups is 3. The zero-order valence-corrected chi connectivity index (χ0v) is 20.3. The molecule has 0 radical (unpaired) electrons. The van der Waals surface area contributed by atoms with Crippen LogP contribution in [0.25, 0.3) is 11.0 Å². The lowest BCUT2D eigenvalue weighted by Crippen LogP contribution is -2.46. The van der Waals surface area contributed by atoms with Gasteiger partial charge < -0.3 is 14.1 Å². The van der Waals surface area contributed by atoms with Crippen molar-refractivity contribution in [3.8, 4) is 5.75 Å². The van der Waals surface area contributed by atoms with Crippen molar-refractivity contribution >= 4 is 38.5 Å². The second-order valence-corrected chi connectivity index (χ2v) is 11.2. The van der Waals surface area contributed by atoms with Gasteiger partial charge in [-0.25, -0.2) is 8.42 Å². The molecule has 0 aliphatic carbocycles. The van der Waals surface area contributed by atoms with E-state index in [1.54, 1.807) is 44.2 Å². The number of hydrogen-bond acceptors (Lipinski definition) is 7. The van der Waals surface area contributed by atoms with Crippen LogP contribution in [-0.2, 0) is 31.4 Å². The van der Waals surface area contributed by atoms with Crippen LogP contribution in [0.2, 0.25) is 0 Å². The molecule has 9 nitrogen and oxygen atoms in total. The van der Waals surface area contributed by atoms with Crippen LogP contribution in [0.15, 0.2) is 45.7 Å². The van der Waals surface area contributed by atoms with Gasteiger partial charge in [-0.05, 0) is 42.3 Å². The first-order valence-corrected chi connectivity index (χ1v) is 12.8. The summed E-state index contributed by atoms with van der Waals surface area (Å²) in [5, 5.41) is 2.95. The summed E-state index contributed by atoms with van der Waals surface area (Å²) in [5.74, 6) is -0.590. The second kappa shape index (κ2) is 7.94. The average molecular weight is 497 g/mol. The molecule has 0 saturated carbocycles. The Morgan fingerprint density at radius 1 is 1.14 bits per heavy atom. The summed E-state index contributed by atoms with van der Waals surface area (Å²) < 4.78 is 36.3. The number of ether oxygens (including phenoxy) is 1. The van der Waals surface area contributed by atoms with Crippen molar-refractivity contribution in [1.29, 1.82) is 0 Å². The third-order valence-electron chi connectivity index (χ3n) is 6.81. The Kier molecular flexibility index (Phi) is 5.24. The largest absolute Gasteiger partial charge is 0.497 e. The van der Waals surface area contributed by atoms with Crippen LogP contribution in [0.5, 0.6) is 5.75 Å². The summed E-state index contributed by atoms with van der Waals surface area (Å²) in [6, 6.07) is 10.0. The number of carbonyl (C=O) groups excluding carboxylic acids is 3. The molecule has 10 heteroatoms. The molecule has 1 aromatic heterocycles. The van der Waals surface area contributed by atoms with Crippen LogP contribution in [0, 0.1) is 6.92 Å². The molecule has 0 unspecified atom stereocenters. The average Bonchev–Trinajstić information content (AvgIpc) is 3.46. The normalized spacial score (nSPS) is 20.0. The van der Waals surface area contributed by atoms with Crippen molar-refractivity contribution in [2.45, 2.75) is 37.1 Å². The molecule has 3 heterocycles. The van der Waals surface area contributed by atoms with Crippen LogP contribution >= 0.6 is 0 Å². The number of rotatable bonds is 6. The van der Waals surface area contributed by atoms with Crippen molar-refractivity contribution in [3.63, 3.8) is 0 Å². The molecule has 1 saturated heterocycles. The van der Waals surface area contributed by atoms with Gasteiger partial charge in [0, 0.05) is 30.1 Å². The van der Waals surface area contributed by atoms with Crippen molar-refractivity contribution in [1.82, 2.24) is 10.2 Å². The number of benzene rings is 2. The van der Waals surface area contributed by atoms with E-state index >= 15 is 0 Å². The number of hydrogen-bond donors (Lipinski definition) is 1. The number of aryl methyl sites for hydroxylation is 1. The molecular weight excluding hydrogens is 472 g/mol. The first kappa shape index (κ1) is 23.1. The van der Waals surface area contributed by atoms with Gasteiger partial charge in [0.2, 0.25) is 11.8 Å². The fourth-order valence-electron chi connectivity index (χ4n) is 4.88. The zero-order chi connectivity index (χ0) is 25.1. The van der Waals surface area contributed by atoms with Gasteiger partial charge >= 0.3 is 0 Å². The van der Waals surface area contributed by atoms with Gasteiger partial charge in [0.05, 0.1) is 24.2 Å². The molecule has 1 N–H and O–H groups in total. The highest BCUT2D eigenvalue weighted by Gasteiger charge is 2.53. The highest BCUT2D eigenvalue weighted by atomic mass is 32.2. The minimum atomic E-state index is -3.48. The van der Waals surface area contributed by atoms with E-state index in [1.165, 1.54) is 18.1 Å². The summed E-state index contributed by atoms with van der Waals surface area (Å²) in [6.45, 7) is 3.47. The minimum Gasteiger partial charge on any atom is -0.497 e. The van der Waals surface area contributed by atoms with Gasteiger partial charge in [0.25, 0.3) is 5.91 Å². The second-order valence-electron chi connectivity index (χ2n) is 8.99. The van der Waals surface area contributed by atoms with Gasteiger partial charge in [0.15, 0.2) is 9.84 Å². The monoisotopic (exact) mass is 496 g/mol. The third kappa shape index (κ3) is 3.59. The van der Waals surface area contributed by atoms with Crippen molar-refractivity contribution in [2.24, 2.45) is 0 Å². The topological polar surface area (TPSA) is 123 Å². The Balaban J connectivity index is 1.57. The molecule has 182 valence electrons. The number of sulfone groups is 1. The van der Waals surface area contributed by atoms with Gasteiger partial charge in [-0.3, -0.25) is 19.7 Å². The third-order valence-corrected chi connectivity index (χ3v) is 8.68. The van der Waals surface area contributed by atoms with Crippen LogP contribution in [0.4, 0.5) is 0 Å². The molecule has 1 fully saturated rings. The number of imide groups is 1. The number of nitrogens with one attached hydrogen (secondary N) is 1. The van der Waals surface area contributed by atoms with E-state index in [2.05, 4.69) is 5.32 Å². The number of fused-ring (bicyclic) bond motifs is 2. The molecule has 0 bridgehead atoms. The van der Waals surface area contributed by atoms with E-state index in [9.17, 15) is 22.8 Å². The summed E-state index contributed by atoms with van der Waals surface area (Å²) in [6.07, 6.45) is -0.186. The van der Waals surface area contributed by atoms with E-state index in [0.717, 1.165) is 5.56 Å². The lowest BCUT2D eigenvalue weighted by Gasteiger charge is -2.28. The Morgan fingerprint density at radius 3 is 2.57 bits per heavy atom. The van der Waals surface area contributed by atoms with Gasteiger partial charge in [-0.15, -0.1) is 0 Å². The lowest BCUT2D eigenvalue weighted by molar-refractivity contribution is -0.127. The standard InChI is InChI=1S/C25H24N2O7S/c1-4-35(31,32)20-10-19-16(7-14(20)2)8-21(34-19)25(11-22(28)26-24(25)30)13-27-12-15-5-6-17(33-3)9-18(15)23(27)29/h5-10H,4,11-13H2,1-3H3,(H,26,28,30)/t25-/m1/s1. The van der Waals surface area contributed by atoms with Gasteiger partial charge in [-0.2, -0.15) is 0 Å². The fourth-order valence-corrected chi connectivity index (χ4v) is 6.03. The summed E-state index contributed by atoms with van der Waals surface area (Å²) in [7, 11) is -1.97. The lowest BCUT2D eigenvalue weighted by atomic mass is 9.82. The maximum atomic E-state index is 13.2. The first-order chi connectivity index (χ1) is 16.6. The van der Waals surface area contributed by atoms with Crippen LogP contribution in [0.1, 0.15) is 40.6 Å². The molecule has 35 heavy (non-hydrogen) atoms. The smallest absolute Gasteiger partial charge is 0.254 e. The molecular formula is C25H24N2O7S. The van der Waals surface area contributed by atoms with Crippen LogP contribution in [0.3, 0.4) is 0 Å². The SMILES string of the molecule is CCS(=O)(=O)c1cc2oc([C@]3(CN4Cc5ccc(OC)cc5C4=O)CC(=O)NC3=O)cc2cc1C. The molecule has 1 atom stereocenters. The van der Waals surface area contributed by atoms with E-state index in [0.29, 0.717) is 27.8 Å². The molecule has 2 aliphatic heterocycles. The zero-order valence-electron chi connectivity index (χ0n) is 19.5. The van der Waals surface area contributed by atoms with Crippen molar-refractivity contribution in [3.05, 3.63) is 58.8 Å². The Morgan fingerprint density at radius 2 is 1.91 bits per heavy atom. The predicted molar refractivity (Wildman–Crippen MR) is 126 cm³/mol. The molecule has 3 aromatic rings. The van der Waals surface area contributed by atoms with E-state index in [1.807, 2.05) is 0 Å². The van der Waals surface area contributed by atoms with Gasteiger partial charge in [0.1, 0.15) is 22.5 Å². The maximum Gasteiger partial charge on any atom is 0.254 e. The maximum absolute atomic E-state index is 13.2. The predicted octanol–water partition coefficient (Wildman–Crippen LogP) is 2.48. The molecule has 3 amide bonds. The Bertz CT molecular complexity index is 1520. The van der Waals surface area contributed by atoms with Crippen LogP contribution < -0.4 is 10.1 Å². The summed E-state index contributed by atoms with van der Waals surface area (Å²) >= 11 is 0. The number of nitrogens with zero attached hydrogens (tertiary/aromatic N) is 1. The Hall–Kier alpha value is -3.66. The molecule has 5 rings (SSSR count). The van der Waals surface area contributed by atoms with E-state index in [4.69, 9.17) is 9.15 Å². The van der Waals surface area contributed by atoms with E-state index < -0.39 is 27.1 Å². The number of amides is 3. The van der Waals surface area contributed by atoms with Crippen LogP contribution in [-0.4, -0.2) is 50.4 Å². The van der Waals surface area contributed by atoms with Crippen molar-refractivity contribution < 1.29 is 32.0 Å². The Labute approximate surface area is 202 Å². The molecule has 2 aliphatic rings. The highest BCUT2D eigenvalue weighted by Crippen LogP contribution is 2.40. The fraction of sp³-hybridized carbons (Fsp3) is 0.320. The molecule has 2 aromatic carbocycles. The highest BCUT2D eigenvalue weighted by molar-refractivity contribution is 7.91. The number of methoxy groups -OCH3 is 1. The van der Waals surface area contributed by atoms with Gasteiger partial charge in [-0.1, -0.05) is 13.0 Å². The quantitative estimate of drug-likeness (QED) is 0.520. The number of furan rings is 1. The summed E-state index contributed by atoms with van der Waals surface area (Å²) in [4.78, 5) is 40.3. The minimum absolute atomic E-state index is 0.0594. The first-order valence-electron chi connectivity index (χ1n) is 11.2.